The summed E-state index contributed by atoms with van der Waals surface area (Å²) in [6, 6.07) is 6.84. The van der Waals surface area contributed by atoms with Gasteiger partial charge in [0.1, 0.15) is 12.0 Å². The molecular formula is C32H41N3O3. The second-order valence-electron chi connectivity index (χ2n) is 12.8. The zero-order valence-electron chi connectivity index (χ0n) is 23.4. The van der Waals surface area contributed by atoms with Crippen LogP contribution in [0.5, 0.6) is 5.75 Å². The van der Waals surface area contributed by atoms with Crippen LogP contribution in [0.2, 0.25) is 0 Å². The van der Waals surface area contributed by atoms with Crippen molar-refractivity contribution in [3.63, 3.8) is 0 Å². The molecular weight excluding hydrogens is 474 g/mol. The van der Waals surface area contributed by atoms with Gasteiger partial charge in [-0.2, -0.15) is 0 Å². The van der Waals surface area contributed by atoms with Crippen LogP contribution in [0, 0.1) is 12.8 Å². The molecule has 2 aliphatic carbocycles. The Kier molecular flexibility index (Phi) is 6.40. The molecule has 0 bridgehead atoms. The van der Waals surface area contributed by atoms with E-state index < -0.39 is 0 Å². The van der Waals surface area contributed by atoms with E-state index in [1.807, 2.05) is 0 Å². The largest absolute Gasteiger partial charge is 0.493 e. The van der Waals surface area contributed by atoms with Gasteiger partial charge in [0.05, 0.1) is 24.4 Å². The van der Waals surface area contributed by atoms with Crippen molar-refractivity contribution in [3.8, 4) is 17.0 Å². The van der Waals surface area contributed by atoms with Crippen molar-refractivity contribution in [1.29, 1.82) is 0 Å². The zero-order valence-corrected chi connectivity index (χ0v) is 23.4. The van der Waals surface area contributed by atoms with Crippen LogP contribution in [0.15, 0.2) is 35.3 Å². The van der Waals surface area contributed by atoms with Gasteiger partial charge in [-0.25, -0.2) is 4.98 Å². The Morgan fingerprint density at radius 1 is 1.13 bits per heavy atom. The Bertz CT molecular complexity index is 1300. The monoisotopic (exact) mass is 515 g/mol. The summed E-state index contributed by atoms with van der Waals surface area (Å²) >= 11 is 0. The maximum absolute atomic E-state index is 13.4. The highest BCUT2D eigenvalue weighted by Crippen LogP contribution is 2.58. The topological polar surface area (TPSA) is 69.3 Å². The molecule has 1 spiro atoms. The fraction of sp³-hybridized carbons (Fsp3) is 0.562. The molecule has 3 aliphatic rings. The van der Waals surface area contributed by atoms with Crippen molar-refractivity contribution in [2.75, 3.05) is 6.61 Å². The lowest BCUT2D eigenvalue weighted by Gasteiger charge is -2.33. The molecule has 0 unspecified atom stereocenters. The molecule has 3 aromatic rings. The molecule has 1 aliphatic heterocycles. The molecule has 1 aromatic carbocycles. The van der Waals surface area contributed by atoms with E-state index in [2.05, 4.69) is 60.8 Å². The summed E-state index contributed by atoms with van der Waals surface area (Å²) in [5, 5.41) is 3.05. The minimum absolute atomic E-state index is 0.0405. The number of nitrogens with zero attached hydrogens (tertiary/aromatic N) is 2. The molecule has 6 rings (SSSR count). The minimum Gasteiger partial charge on any atom is -0.493 e. The normalized spacial score (nSPS) is 18.7. The first kappa shape index (κ1) is 25.3. The fourth-order valence-electron chi connectivity index (χ4n) is 6.60. The highest BCUT2D eigenvalue weighted by atomic mass is 16.5. The molecule has 0 radical (unpaired) electrons. The van der Waals surface area contributed by atoms with Gasteiger partial charge in [0.15, 0.2) is 6.39 Å². The van der Waals surface area contributed by atoms with Crippen molar-refractivity contribution in [1.82, 2.24) is 14.9 Å². The third-order valence-electron chi connectivity index (χ3n) is 9.13. The number of ether oxygens (including phenoxy) is 1. The van der Waals surface area contributed by atoms with Crippen LogP contribution in [0.4, 0.5) is 0 Å². The number of fused-ring (bicyclic) bond motifs is 2. The van der Waals surface area contributed by atoms with Crippen molar-refractivity contribution < 1.29 is 13.9 Å². The third kappa shape index (κ3) is 4.67. The molecule has 38 heavy (non-hydrogen) atoms. The van der Waals surface area contributed by atoms with Crippen LogP contribution in [-0.4, -0.2) is 22.1 Å². The van der Waals surface area contributed by atoms with E-state index in [0.29, 0.717) is 12.5 Å². The molecule has 1 N–H and O–H groups in total. The minimum atomic E-state index is -0.0647. The average Bonchev–Trinajstić information content (AvgIpc) is 3.32. The van der Waals surface area contributed by atoms with Gasteiger partial charge < -0.3 is 19.0 Å². The lowest BCUT2D eigenvalue weighted by Crippen LogP contribution is -2.24. The van der Waals surface area contributed by atoms with E-state index in [9.17, 15) is 4.79 Å². The molecule has 202 valence electrons. The molecule has 0 atom stereocenters. The lowest BCUT2D eigenvalue weighted by molar-refractivity contribution is 0.0949. The number of hydrogen-bond donors (Lipinski definition) is 1. The summed E-state index contributed by atoms with van der Waals surface area (Å²) in [5.41, 5.74) is 7.74. The highest BCUT2D eigenvalue weighted by molar-refractivity contribution is 5.97. The molecule has 0 saturated heterocycles. The summed E-state index contributed by atoms with van der Waals surface area (Å²) < 4.78 is 13.8. The third-order valence-corrected chi connectivity index (χ3v) is 9.13. The standard InChI is InChI=1S/C32H41N3O3/c1-21-25(30(36)33-17-24-19-37-20-34-24)16-28(35(21)18-22-8-6-5-7-9-22)23-14-26(31(2,3)4)29-27(15-23)32(10-11-32)12-13-38-29/h14-16,19-20,22H,5-13,17-18H2,1-4H3,(H,33,36). The van der Waals surface area contributed by atoms with Crippen LogP contribution < -0.4 is 10.1 Å². The van der Waals surface area contributed by atoms with Crippen LogP contribution in [0.3, 0.4) is 0 Å². The molecule has 2 fully saturated rings. The predicted octanol–water partition coefficient (Wildman–Crippen LogP) is 7.07. The Labute approximate surface area is 226 Å². The number of amides is 1. The molecule has 3 heterocycles. The molecule has 6 heteroatoms. The first-order valence-corrected chi connectivity index (χ1v) is 14.4. The van der Waals surface area contributed by atoms with E-state index in [0.717, 1.165) is 48.0 Å². The Morgan fingerprint density at radius 2 is 1.92 bits per heavy atom. The molecule has 2 aromatic heterocycles. The first-order chi connectivity index (χ1) is 18.2. The van der Waals surface area contributed by atoms with E-state index in [1.54, 1.807) is 6.26 Å². The Balaban J connectivity index is 1.44. The van der Waals surface area contributed by atoms with Gasteiger partial charge in [-0.1, -0.05) is 40.0 Å². The summed E-state index contributed by atoms with van der Waals surface area (Å²) in [5.74, 6) is 1.69. The van der Waals surface area contributed by atoms with Gasteiger partial charge >= 0.3 is 0 Å². The molecule has 1 amide bonds. The van der Waals surface area contributed by atoms with Crippen LogP contribution in [-0.2, 0) is 23.9 Å². The maximum atomic E-state index is 13.4. The SMILES string of the molecule is Cc1c(C(=O)NCc2cocn2)cc(-c2cc(C(C)(C)C)c3c(c2)C2(CCO3)CC2)n1CC1CCCCC1. The van der Waals surface area contributed by atoms with E-state index in [1.165, 1.54) is 68.0 Å². The Morgan fingerprint density at radius 3 is 2.61 bits per heavy atom. The van der Waals surface area contributed by atoms with Gasteiger partial charge in [-0.05, 0) is 74.1 Å². The first-order valence-electron chi connectivity index (χ1n) is 14.4. The number of hydrogen-bond acceptors (Lipinski definition) is 4. The van der Waals surface area contributed by atoms with E-state index >= 15 is 0 Å². The lowest BCUT2D eigenvalue weighted by atomic mass is 9.79. The van der Waals surface area contributed by atoms with E-state index in [-0.39, 0.29) is 16.7 Å². The van der Waals surface area contributed by atoms with Gasteiger partial charge in [0, 0.05) is 34.5 Å². The Hall–Kier alpha value is -3.02. The molecule has 2 saturated carbocycles. The average molecular weight is 516 g/mol. The number of carbonyl (C=O) groups is 1. The summed E-state index contributed by atoms with van der Waals surface area (Å²) in [4.78, 5) is 17.6. The summed E-state index contributed by atoms with van der Waals surface area (Å²) in [7, 11) is 0. The van der Waals surface area contributed by atoms with Crippen LogP contribution in [0.1, 0.15) is 105 Å². The quantitative estimate of drug-likeness (QED) is 0.381. The predicted molar refractivity (Wildman–Crippen MR) is 149 cm³/mol. The van der Waals surface area contributed by atoms with Gasteiger partial charge in [0.25, 0.3) is 5.91 Å². The summed E-state index contributed by atoms with van der Waals surface area (Å²) in [6.45, 7) is 11.1. The van der Waals surface area contributed by atoms with Crippen molar-refractivity contribution >= 4 is 5.91 Å². The van der Waals surface area contributed by atoms with Gasteiger partial charge in [-0.3, -0.25) is 4.79 Å². The number of oxazole rings is 1. The van der Waals surface area contributed by atoms with Gasteiger partial charge in [0.2, 0.25) is 0 Å². The fourth-order valence-corrected chi connectivity index (χ4v) is 6.60. The second-order valence-corrected chi connectivity index (χ2v) is 12.8. The second kappa shape index (κ2) is 9.62. The highest BCUT2D eigenvalue weighted by Gasteiger charge is 2.49. The number of carbonyl (C=O) groups excluding carboxylic acids is 1. The van der Waals surface area contributed by atoms with Gasteiger partial charge in [-0.15, -0.1) is 0 Å². The zero-order chi connectivity index (χ0) is 26.5. The smallest absolute Gasteiger partial charge is 0.253 e. The van der Waals surface area contributed by atoms with Crippen molar-refractivity contribution in [2.45, 2.75) is 103 Å². The van der Waals surface area contributed by atoms with Crippen LogP contribution >= 0.6 is 0 Å². The molecule has 6 nitrogen and oxygen atoms in total. The van der Waals surface area contributed by atoms with Crippen molar-refractivity contribution in [3.05, 3.63) is 58.9 Å². The number of nitrogens with one attached hydrogen (secondary N) is 1. The maximum Gasteiger partial charge on any atom is 0.253 e. The number of rotatable bonds is 6. The number of aromatic nitrogens is 2. The van der Waals surface area contributed by atoms with E-state index in [4.69, 9.17) is 9.15 Å². The van der Waals surface area contributed by atoms with Crippen molar-refractivity contribution in [2.24, 2.45) is 5.92 Å². The number of benzene rings is 1. The summed E-state index contributed by atoms with van der Waals surface area (Å²) in [6.07, 6.45) is 13.0. The van der Waals surface area contributed by atoms with Crippen LogP contribution in [0.25, 0.3) is 11.3 Å².